The van der Waals surface area contributed by atoms with E-state index in [2.05, 4.69) is 37.1 Å². The summed E-state index contributed by atoms with van der Waals surface area (Å²) in [5.41, 5.74) is 1.27. The van der Waals surface area contributed by atoms with E-state index in [0.29, 0.717) is 16.1 Å². The van der Waals surface area contributed by atoms with Crippen LogP contribution in [0.25, 0.3) is 0 Å². The minimum absolute atomic E-state index is 0.148. The van der Waals surface area contributed by atoms with Crippen LogP contribution in [-0.2, 0) is 6.54 Å². The van der Waals surface area contributed by atoms with E-state index in [1.165, 1.54) is 12.8 Å². The third kappa shape index (κ3) is 3.88. The fourth-order valence-electron chi connectivity index (χ4n) is 2.91. The summed E-state index contributed by atoms with van der Waals surface area (Å²) in [5.74, 6) is 0. The second-order valence-electron chi connectivity index (χ2n) is 6.33. The molecule has 1 aromatic carbocycles. The highest BCUT2D eigenvalue weighted by molar-refractivity contribution is 6.42. The number of hydrogen-bond acceptors (Lipinski definition) is 2. The van der Waals surface area contributed by atoms with Crippen LogP contribution in [0.5, 0.6) is 0 Å². The van der Waals surface area contributed by atoms with Gasteiger partial charge in [0.2, 0.25) is 0 Å². The molecule has 1 atom stereocenters. The molecule has 0 radical (unpaired) electrons. The summed E-state index contributed by atoms with van der Waals surface area (Å²) in [6, 6.07) is 6.47. The van der Waals surface area contributed by atoms with Gasteiger partial charge in [-0.3, -0.25) is 4.90 Å². The van der Waals surface area contributed by atoms with Gasteiger partial charge in [0.25, 0.3) is 0 Å². The highest BCUT2D eigenvalue weighted by Gasteiger charge is 2.32. The van der Waals surface area contributed by atoms with Crippen LogP contribution in [0.15, 0.2) is 18.2 Å². The van der Waals surface area contributed by atoms with Gasteiger partial charge in [0.05, 0.1) is 10.0 Å². The molecule has 1 aliphatic heterocycles. The Morgan fingerprint density at radius 3 is 2.80 bits per heavy atom. The summed E-state index contributed by atoms with van der Waals surface area (Å²) in [6.07, 6.45) is 2.41. The maximum absolute atomic E-state index is 6.33. The smallest absolute Gasteiger partial charge is 0.0637 e. The first-order valence-electron chi connectivity index (χ1n) is 7.35. The van der Waals surface area contributed by atoms with E-state index >= 15 is 0 Å². The molecule has 1 N–H and O–H groups in total. The third-order valence-electron chi connectivity index (χ3n) is 3.96. The Balaban J connectivity index is 2.16. The van der Waals surface area contributed by atoms with Gasteiger partial charge in [-0.1, -0.05) is 48.7 Å². The number of hydrogen-bond donors (Lipinski definition) is 1. The number of halogens is 2. The first-order chi connectivity index (χ1) is 9.43. The molecule has 1 aromatic rings. The summed E-state index contributed by atoms with van der Waals surface area (Å²) in [4.78, 5) is 2.54. The van der Waals surface area contributed by atoms with Crippen molar-refractivity contribution in [2.24, 2.45) is 0 Å². The number of nitrogens with one attached hydrogen (secondary N) is 1. The van der Waals surface area contributed by atoms with Gasteiger partial charge in [0.1, 0.15) is 0 Å². The predicted molar refractivity (Wildman–Crippen MR) is 87.6 cm³/mol. The topological polar surface area (TPSA) is 15.3 Å². The number of piperazine rings is 1. The molecule has 0 amide bonds. The van der Waals surface area contributed by atoms with Crippen molar-refractivity contribution in [1.29, 1.82) is 0 Å². The lowest BCUT2D eigenvalue weighted by molar-refractivity contribution is 0.0827. The Morgan fingerprint density at radius 2 is 2.10 bits per heavy atom. The summed E-state index contributed by atoms with van der Waals surface area (Å²) < 4.78 is 0. The molecule has 1 unspecified atom stereocenters. The molecule has 1 saturated heterocycles. The van der Waals surface area contributed by atoms with Crippen LogP contribution in [0, 0.1) is 0 Å². The highest BCUT2D eigenvalue weighted by atomic mass is 35.5. The lowest BCUT2D eigenvalue weighted by Gasteiger charge is -2.45. The molecular weight excluding hydrogens is 291 g/mol. The van der Waals surface area contributed by atoms with Crippen molar-refractivity contribution in [2.45, 2.75) is 51.7 Å². The van der Waals surface area contributed by atoms with Crippen molar-refractivity contribution >= 4 is 23.2 Å². The van der Waals surface area contributed by atoms with Gasteiger partial charge in [0, 0.05) is 31.2 Å². The van der Waals surface area contributed by atoms with Crippen LogP contribution < -0.4 is 5.32 Å². The monoisotopic (exact) mass is 314 g/mol. The molecular formula is C16H24Cl2N2. The molecule has 112 valence electrons. The third-order valence-corrected chi connectivity index (χ3v) is 4.82. The first kappa shape index (κ1) is 16.1. The summed E-state index contributed by atoms with van der Waals surface area (Å²) in [6.45, 7) is 9.68. The molecule has 0 saturated carbocycles. The van der Waals surface area contributed by atoms with E-state index < -0.39 is 0 Å². The van der Waals surface area contributed by atoms with E-state index in [0.717, 1.165) is 25.2 Å². The fourth-order valence-corrected chi connectivity index (χ4v) is 3.29. The minimum atomic E-state index is 0.148. The van der Waals surface area contributed by atoms with Crippen LogP contribution in [0.3, 0.4) is 0 Å². The Bertz CT molecular complexity index is 460. The molecule has 1 heterocycles. The maximum atomic E-state index is 6.33. The van der Waals surface area contributed by atoms with E-state index in [9.17, 15) is 0 Å². The van der Waals surface area contributed by atoms with Crippen LogP contribution in [0.4, 0.5) is 0 Å². The lowest BCUT2D eigenvalue weighted by atomic mass is 9.96. The van der Waals surface area contributed by atoms with Crippen LogP contribution >= 0.6 is 23.2 Å². The Kier molecular flexibility index (Phi) is 5.36. The van der Waals surface area contributed by atoms with Gasteiger partial charge in [-0.2, -0.15) is 0 Å². The number of benzene rings is 1. The van der Waals surface area contributed by atoms with Crippen LogP contribution in [0.1, 0.15) is 39.2 Å². The van der Waals surface area contributed by atoms with Gasteiger partial charge in [0.15, 0.2) is 0 Å². The molecule has 20 heavy (non-hydrogen) atoms. The highest BCUT2D eigenvalue weighted by Crippen LogP contribution is 2.28. The van der Waals surface area contributed by atoms with Crippen molar-refractivity contribution in [3.05, 3.63) is 33.8 Å². The van der Waals surface area contributed by atoms with E-state index in [-0.39, 0.29) is 5.54 Å². The van der Waals surface area contributed by atoms with E-state index in [1.807, 2.05) is 12.1 Å². The average molecular weight is 315 g/mol. The molecule has 0 aromatic heterocycles. The SMILES string of the molecule is CCCC1CNC(C)(C)CN1Cc1cccc(Cl)c1Cl. The lowest BCUT2D eigenvalue weighted by Crippen LogP contribution is -2.61. The molecule has 1 aliphatic rings. The average Bonchev–Trinajstić information content (AvgIpc) is 2.38. The molecule has 4 heteroatoms. The Morgan fingerprint density at radius 1 is 1.35 bits per heavy atom. The van der Waals surface area contributed by atoms with Crippen LogP contribution in [-0.4, -0.2) is 29.6 Å². The van der Waals surface area contributed by atoms with E-state index in [1.54, 1.807) is 0 Å². The van der Waals surface area contributed by atoms with Crippen LogP contribution in [0.2, 0.25) is 10.0 Å². The standard InChI is InChI=1S/C16H24Cl2N2/c1-4-6-13-9-19-16(2,3)11-20(13)10-12-7-5-8-14(17)15(12)18/h5,7-8,13,19H,4,6,9-11H2,1-3H3. The fraction of sp³-hybridized carbons (Fsp3) is 0.625. The largest absolute Gasteiger partial charge is 0.309 e. The molecule has 0 aliphatic carbocycles. The second-order valence-corrected chi connectivity index (χ2v) is 7.11. The van der Waals surface area contributed by atoms with Crippen molar-refractivity contribution < 1.29 is 0 Å². The quantitative estimate of drug-likeness (QED) is 0.889. The minimum Gasteiger partial charge on any atom is -0.309 e. The van der Waals surface area contributed by atoms with Crippen molar-refractivity contribution in [2.75, 3.05) is 13.1 Å². The number of nitrogens with zero attached hydrogens (tertiary/aromatic N) is 1. The summed E-state index contributed by atoms with van der Waals surface area (Å²) >= 11 is 12.5. The Labute approximate surface area is 132 Å². The van der Waals surface area contributed by atoms with Gasteiger partial charge in [-0.25, -0.2) is 0 Å². The first-order valence-corrected chi connectivity index (χ1v) is 8.10. The van der Waals surface area contributed by atoms with Crippen molar-refractivity contribution in [3.8, 4) is 0 Å². The molecule has 1 fully saturated rings. The number of rotatable bonds is 4. The molecule has 0 spiro atoms. The van der Waals surface area contributed by atoms with Crippen molar-refractivity contribution in [3.63, 3.8) is 0 Å². The summed E-state index contributed by atoms with van der Waals surface area (Å²) in [5, 5.41) is 4.97. The van der Waals surface area contributed by atoms with Gasteiger partial charge >= 0.3 is 0 Å². The zero-order valence-corrected chi connectivity index (χ0v) is 14.1. The van der Waals surface area contributed by atoms with Gasteiger partial charge < -0.3 is 5.32 Å². The Hall–Kier alpha value is -0.280. The summed E-state index contributed by atoms with van der Waals surface area (Å²) in [7, 11) is 0. The predicted octanol–water partition coefficient (Wildman–Crippen LogP) is 4.35. The second kappa shape index (κ2) is 6.65. The molecule has 2 rings (SSSR count). The maximum Gasteiger partial charge on any atom is 0.0637 e. The normalized spacial score (nSPS) is 22.9. The van der Waals surface area contributed by atoms with E-state index in [4.69, 9.17) is 23.2 Å². The van der Waals surface area contributed by atoms with Gasteiger partial charge in [-0.05, 0) is 31.9 Å². The zero-order valence-electron chi connectivity index (χ0n) is 12.5. The molecule has 0 bridgehead atoms. The zero-order chi connectivity index (χ0) is 14.8. The van der Waals surface area contributed by atoms with Crippen molar-refractivity contribution in [1.82, 2.24) is 10.2 Å². The van der Waals surface area contributed by atoms with Gasteiger partial charge in [-0.15, -0.1) is 0 Å². The molecule has 2 nitrogen and oxygen atoms in total.